The molecule has 3 rings (SSSR count). The fourth-order valence-electron chi connectivity index (χ4n) is 2.31. The minimum absolute atomic E-state index is 0. The van der Waals surface area contributed by atoms with Gasteiger partial charge in [-0.1, -0.05) is 11.6 Å². The maximum absolute atomic E-state index is 5.36. The van der Waals surface area contributed by atoms with Crippen molar-refractivity contribution in [2.75, 3.05) is 13.1 Å². The Morgan fingerprint density at radius 1 is 1.12 bits per heavy atom. The van der Waals surface area contributed by atoms with Crippen LogP contribution < -0.4 is 5.32 Å². The molecular formula is C11H18ClN3O. The summed E-state index contributed by atoms with van der Waals surface area (Å²) in [6.07, 6.45) is 6.19. The largest absolute Gasteiger partial charge is 0.339 e. The van der Waals surface area contributed by atoms with Gasteiger partial charge >= 0.3 is 0 Å². The number of nitrogens with zero attached hydrogens (tertiary/aromatic N) is 2. The molecule has 1 atom stereocenters. The van der Waals surface area contributed by atoms with E-state index in [9.17, 15) is 0 Å². The van der Waals surface area contributed by atoms with Crippen LogP contribution in [0.2, 0.25) is 0 Å². The molecule has 1 aromatic heterocycles. The van der Waals surface area contributed by atoms with Crippen LogP contribution in [0.1, 0.15) is 55.7 Å². The first-order valence-corrected chi connectivity index (χ1v) is 5.97. The summed E-state index contributed by atoms with van der Waals surface area (Å²) in [7, 11) is 0. The van der Waals surface area contributed by atoms with Crippen molar-refractivity contribution >= 4 is 12.4 Å². The summed E-state index contributed by atoms with van der Waals surface area (Å²) in [4.78, 5) is 4.54. The number of aromatic nitrogens is 2. The van der Waals surface area contributed by atoms with Crippen LogP contribution in [0.25, 0.3) is 0 Å². The smallest absolute Gasteiger partial charge is 0.231 e. The molecule has 0 radical (unpaired) electrons. The van der Waals surface area contributed by atoms with Crippen LogP contribution in [-0.2, 0) is 0 Å². The van der Waals surface area contributed by atoms with Crippen LogP contribution in [0.15, 0.2) is 4.52 Å². The maximum Gasteiger partial charge on any atom is 0.231 e. The zero-order valence-corrected chi connectivity index (χ0v) is 10.1. The van der Waals surface area contributed by atoms with Crippen molar-refractivity contribution in [3.05, 3.63) is 11.7 Å². The quantitative estimate of drug-likeness (QED) is 0.866. The Bertz CT molecular complexity index is 332. The molecule has 2 heterocycles. The molecule has 1 aromatic rings. The summed E-state index contributed by atoms with van der Waals surface area (Å²) >= 11 is 0. The first-order valence-electron chi connectivity index (χ1n) is 5.97. The Labute approximate surface area is 102 Å². The minimum atomic E-state index is 0. The van der Waals surface area contributed by atoms with Gasteiger partial charge in [-0.15, -0.1) is 12.4 Å². The summed E-state index contributed by atoms with van der Waals surface area (Å²) in [5.74, 6) is 2.82. The van der Waals surface area contributed by atoms with E-state index in [4.69, 9.17) is 4.52 Å². The molecule has 2 aliphatic rings. The number of hydrogen-bond acceptors (Lipinski definition) is 4. The van der Waals surface area contributed by atoms with Crippen LogP contribution in [0.3, 0.4) is 0 Å². The number of piperidine rings is 1. The Morgan fingerprint density at radius 2 is 1.94 bits per heavy atom. The van der Waals surface area contributed by atoms with Gasteiger partial charge in [-0.3, -0.25) is 0 Å². The van der Waals surface area contributed by atoms with Crippen LogP contribution in [0, 0.1) is 0 Å². The molecule has 1 saturated carbocycles. The molecule has 1 aliphatic heterocycles. The molecule has 4 nitrogen and oxygen atoms in total. The first kappa shape index (κ1) is 11.9. The second-order valence-electron chi connectivity index (χ2n) is 4.66. The topological polar surface area (TPSA) is 51.0 Å². The number of rotatable bonds is 2. The molecule has 16 heavy (non-hydrogen) atoms. The van der Waals surface area contributed by atoms with E-state index in [1.54, 1.807) is 0 Å². The first-order chi connectivity index (χ1) is 7.43. The van der Waals surface area contributed by atoms with Gasteiger partial charge < -0.3 is 9.84 Å². The normalized spacial score (nSPS) is 25.9. The second-order valence-corrected chi connectivity index (χ2v) is 4.66. The lowest BCUT2D eigenvalue weighted by molar-refractivity contribution is 0.313. The maximum atomic E-state index is 5.36. The third-order valence-electron chi connectivity index (χ3n) is 3.57. The summed E-state index contributed by atoms with van der Waals surface area (Å²) in [5.41, 5.74) is 0. The molecule has 90 valence electrons. The summed E-state index contributed by atoms with van der Waals surface area (Å²) in [6.45, 7) is 2.12. The average Bonchev–Trinajstić information content (AvgIpc) is 2.66. The van der Waals surface area contributed by atoms with E-state index in [2.05, 4.69) is 15.5 Å². The lowest BCUT2D eigenvalue weighted by Gasteiger charge is -2.21. The van der Waals surface area contributed by atoms with Crippen molar-refractivity contribution in [2.45, 2.75) is 43.9 Å². The van der Waals surface area contributed by atoms with E-state index < -0.39 is 0 Å². The monoisotopic (exact) mass is 243 g/mol. The Hall–Kier alpha value is -0.610. The van der Waals surface area contributed by atoms with Crippen molar-refractivity contribution in [2.24, 2.45) is 0 Å². The van der Waals surface area contributed by atoms with Gasteiger partial charge in [-0.25, -0.2) is 0 Å². The third-order valence-corrected chi connectivity index (χ3v) is 3.57. The number of hydrogen-bond donors (Lipinski definition) is 1. The van der Waals surface area contributed by atoms with E-state index in [1.807, 2.05) is 0 Å². The zero-order valence-electron chi connectivity index (χ0n) is 9.32. The lowest BCUT2D eigenvalue weighted by atomic mass is 9.85. The van der Waals surface area contributed by atoms with Crippen LogP contribution >= 0.6 is 12.4 Å². The SMILES string of the molecule is C1CC(c2noc(C3CCCNC3)n2)C1.Cl. The lowest BCUT2D eigenvalue weighted by Crippen LogP contribution is -2.28. The van der Waals surface area contributed by atoms with Gasteiger partial charge in [0.25, 0.3) is 0 Å². The third kappa shape index (κ3) is 2.23. The van der Waals surface area contributed by atoms with Gasteiger partial charge in [0.15, 0.2) is 5.82 Å². The van der Waals surface area contributed by atoms with E-state index >= 15 is 0 Å². The Balaban J connectivity index is 0.000000963. The number of halogens is 1. The standard InChI is InChI=1S/C11H17N3O.ClH/c1-3-8(4-1)10-13-11(15-14-10)9-5-2-6-12-7-9;/h8-9,12H,1-7H2;1H. The Morgan fingerprint density at radius 3 is 2.56 bits per heavy atom. The van der Waals surface area contributed by atoms with Crippen LogP contribution in [-0.4, -0.2) is 23.2 Å². The second kappa shape index (κ2) is 5.15. The van der Waals surface area contributed by atoms with Gasteiger partial charge in [0.1, 0.15) is 0 Å². The zero-order chi connectivity index (χ0) is 10.1. The van der Waals surface area contributed by atoms with Crippen molar-refractivity contribution in [3.8, 4) is 0 Å². The molecule has 1 aliphatic carbocycles. The molecule has 0 aromatic carbocycles. The average molecular weight is 244 g/mol. The van der Waals surface area contributed by atoms with E-state index in [0.717, 1.165) is 24.8 Å². The van der Waals surface area contributed by atoms with Gasteiger partial charge in [0, 0.05) is 12.5 Å². The van der Waals surface area contributed by atoms with Gasteiger partial charge in [-0.2, -0.15) is 4.98 Å². The molecule has 0 bridgehead atoms. The summed E-state index contributed by atoms with van der Waals surface area (Å²) in [6, 6.07) is 0. The molecule has 2 fully saturated rings. The van der Waals surface area contributed by atoms with E-state index in [-0.39, 0.29) is 12.4 Å². The predicted octanol–water partition coefficient (Wildman–Crippen LogP) is 2.23. The van der Waals surface area contributed by atoms with Crippen LogP contribution in [0.5, 0.6) is 0 Å². The Kier molecular flexibility index (Phi) is 3.82. The molecule has 1 unspecified atom stereocenters. The van der Waals surface area contributed by atoms with E-state index in [0.29, 0.717) is 11.8 Å². The number of nitrogens with one attached hydrogen (secondary N) is 1. The van der Waals surface area contributed by atoms with Crippen molar-refractivity contribution in [1.82, 2.24) is 15.5 Å². The fraction of sp³-hybridized carbons (Fsp3) is 0.818. The molecule has 1 N–H and O–H groups in total. The van der Waals surface area contributed by atoms with Gasteiger partial charge in [0.05, 0.1) is 5.92 Å². The minimum Gasteiger partial charge on any atom is -0.339 e. The fourth-order valence-corrected chi connectivity index (χ4v) is 2.31. The van der Waals surface area contributed by atoms with Crippen LogP contribution in [0.4, 0.5) is 0 Å². The summed E-state index contributed by atoms with van der Waals surface area (Å²) < 4.78 is 5.36. The molecule has 5 heteroatoms. The highest BCUT2D eigenvalue weighted by Gasteiger charge is 2.27. The molecule has 0 spiro atoms. The highest BCUT2D eigenvalue weighted by molar-refractivity contribution is 5.85. The highest BCUT2D eigenvalue weighted by atomic mass is 35.5. The molecular weight excluding hydrogens is 226 g/mol. The molecule has 0 amide bonds. The summed E-state index contributed by atoms with van der Waals surface area (Å²) in [5, 5.41) is 7.47. The van der Waals surface area contributed by atoms with Crippen molar-refractivity contribution < 1.29 is 4.52 Å². The highest BCUT2D eigenvalue weighted by Crippen LogP contribution is 2.35. The van der Waals surface area contributed by atoms with Gasteiger partial charge in [0.2, 0.25) is 5.89 Å². The van der Waals surface area contributed by atoms with Gasteiger partial charge in [-0.05, 0) is 32.2 Å². The van der Waals surface area contributed by atoms with E-state index in [1.165, 1.54) is 32.1 Å². The van der Waals surface area contributed by atoms with Crippen molar-refractivity contribution in [1.29, 1.82) is 0 Å². The van der Waals surface area contributed by atoms with Crippen molar-refractivity contribution in [3.63, 3.8) is 0 Å². The molecule has 1 saturated heterocycles. The predicted molar refractivity (Wildman–Crippen MR) is 63.0 cm³/mol.